The number of carbonyl (C=O) groups is 1. The van der Waals surface area contributed by atoms with Crippen LogP contribution in [-0.2, 0) is 0 Å². The zero-order chi connectivity index (χ0) is 16.4. The highest BCUT2D eigenvalue weighted by molar-refractivity contribution is 5.93. The van der Waals surface area contributed by atoms with Crippen LogP contribution in [0.1, 0.15) is 21.5 Å². The van der Waals surface area contributed by atoms with Crippen molar-refractivity contribution < 1.29 is 19.4 Å². The third kappa shape index (κ3) is 2.98. The molecule has 1 heterocycles. The number of carboxylic acids is 1. The first-order chi connectivity index (χ1) is 11.0. The van der Waals surface area contributed by atoms with Crippen LogP contribution in [-0.4, -0.2) is 16.2 Å². The molecule has 5 heteroatoms. The lowest BCUT2D eigenvalue weighted by Crippen LogP contribution is -2.12. The Labute approximate surface area is 130 Å². The van der Waals surface area contributed by atoms with Crippen LogP contribution in [0.25, 0.3) is 23.1 Å². The van der Waals surface area contributed by atoms with Gasteiger partial charge < -0.3 is 14.6 Å². The molecule has 0 fully saturated rings. The molecule has 0 spiro atoms. The molecule has 0 aliphatic rings. The Morgan fingerprint density at radius 3 is 2.48 bits per heavy atom. The summed E-state index contributed by atoms with van der Waals surface area (Å²) < 4.78 is 4.93. The van der Waals surface area contributed by atoms with E-state index in [-0.39, 0.29) is 11.3 Å². The Kier molecular flexibility index (Phi) is 3.68. The fourth-order valence-corrected chi connectivity index (χ4v) is 2.21. The van der Waals surface area contributed by atoms with Crippen molar-refractivity contribution in [1.82, 2.24) is 0 Å². The summed E-state index contributed by atoms with van der Waals surface area (Å²) in [7, 11) is 0. The van der Waals surface area contributed by atoms with E-state index in [1.54, 1.807) is 12.1 Å². The van der Waals surface area contributed by atoms with E-state index in [2.05, 4.69) is 0 Å². The third-order valence-electron chi connectivity index (χ3n) is 3.37. The molecule has 0 bridgehead atoms. The number of phenols is 1. The van der Waals surface area contributed by atoms with E-state index >= 15 is 0 Å². The molecule has 114 valence electrons. The van der Waals surface area contributed by atoms with Gasteiger partial charge in [0.15, 0.2) is 0 Å². The molecule has 5 nitrogen and oxygen atoms in total. The standard InChI is InChI=1S/C18H12O5/c19-15-10-16-13(9-14(17(20)21)18(22)23-16)8-12(15)7-6-11-4-2-1-3-5-11/h1-10,19H,(H,20,21). The number of carboxylic acid groups (broad SMARTS) is 1. The molecule has 1 aromatic heterocycles. The van der Waals surface area contributed by atoms with Crippen molar-refractivity contribution in [3.63, 3.8) is 0 Å². The topological polar surface area (TPSA) is 87.7 Å². The van der Waals surface area contributed by atoms with Crippen molar-refractivity contribution in [2.24, 2.45) is 0 Å². The van der Waals surface area contributed by atoms with Crippen molar-refractivity contribution >= 4 is 29.1 Å². The highest BCUT2D eigenvalue weighted by Gasteiger charge is 2.13. The van der Waals surface area contributed by atoms with E-state index in [4.69, 9.17) is 9.52 Å². The van der Waals surface area contributed by atoms with Gasteiger partial charge in [-0.3, -0.25) is 0 Å². The second-order valence-corrected chi connectivity index (χ2v) is 4.95. The lowest BCUT2D eigenvalue weighted by Gasteiger charge is -2.03. The molecule has 3 aromatic rings. The van der Waals surface area contributed by atoms with Gasteiger partial charge in [-0.15, -0.1) is 0 Å². The molecule has 0 saturated heterocycles. The lowest BCUT2D eigenvalue weighted by molar-refractivity contribution is 0.0692. The van der Waals surface area contributed by atoms with E-state index < -0.39 is 17.2 Å². The molecule has 0 amide bonds. The second kappa shape index (κ2) is 5.81. The zero-order valence-corrected chi connectivity index (χ0v) is 11.9. The number of benzene rings is 2. The largest absolute Gasteiger partial charge is 0.507 e. The lowest BCUT2D eigenvalue weighted by atomic mass is 10.1. The van der Waals surface area contributed by atoms with Crippen LogP contribution in [0.4, 0.5) is 0 Å². The van der Waals surface area contributed by atoms with Crippen molar-refractivity contribution in [1.29, 1.82) is 0 Å². The molecule has 2 N–H and O–H groups in total. The van der Waals surface area contributed by atoms with Gasteiger partial charge in [0.25, 0.3) is 0 Å². The summed E-state index contributed by atoms with van der Waals surface area (Å²) in [6.45, 7) is 0. The Morgan fingerprint density at radius 1 is 1.04 bits per heavy atom. The summed E-state index contributed by atoms with van der Waals surface area (Å²) in [6.07, 6.45) is 3.52. The van der Waals surface area contributed by atoms with Crippen LogP contribution in [0, 0.1) is 0 Å². The highest BCUT2D eigenvalue weighted by Crippen LogP contribution is 2.26. The number of rotatable bonds is 3. The summed E-state index contributed by atoms with van der Waals surface area (Å²) >= 11 is 0. The van der Waals surface area contributed by atoms with Gasteiger partial charge in [-0.2, -0.15) is 0 Å². The van der Waals surface area contributed by atoms with Crippen molar-refractivity contribution in [3.05, 3.63) is 75.6 Å². The van der Waals surface area contributed by atoms with Crippen LogP contribution in [0.3, 0.4) is 0 Å². The summed E-state index contributed by atoms with van der Waals surface area (Å²) in [5.41, 5.74) is 0.192. The number of hydrogen-bond acceptors (Lipinski definition) is 4. The summed E-state index contributed by atoms with van der Waals surface area (Å²) in [5.74, 6) is -1.41. The van der Waals surface area contributed by atoms with Crippen LogP contribution in [0.2, 0.25) is 0 Å². The minimum absolute atomic E-state index is 0.0593. The van der Waals surface area contributed by atoms with Gasteiger partial charge in [0.1, 0.15) is 16.9 Å². The molecular formula is C18H12O5. The Balaban J connectivity index is 2.09. The SMILES string of the molecule is O=C(O)c1cc2cc(C=Cc3ccccc3)c(O)cc2oc1=O. The maximum atomic E-state index is 11.5. The minimum atomic E-state index is -1.35. The number of aromatic carboxylic acids is 1. The molecule has 0 aliphatic heterocycles. The zero-order valence-electron chi connectivity index (χ0n) is 11.9. The van der Waals surface area contributed by atoms with Gasteiger partial charge in [0.2, 0.25) is 0 Å². The van der Waals surface area contributed by atoms with E-state index in [1.165, 1.54) is 12.1 Å². The maximum absolute atomic E-state index is 11.5. The predicted octanol–water partition coefficient (Wildman–Crippen LogP) is 3.37. The van der Waals surface area contributed by atoms with Crippen molar-refractivity contribution in [3.8, 4) is 5.75 Å². The smallest absolute Gasteiger partial charge is 0.351 e. The normalized spacial score (nSPS) is 11.1. The molecule has 2 aromatic carbocycles. The molecule has 0 atom stereocenters. The number of fused-ring (bicyclic) bond motifs is 1. The van der Waals surface area contributed by atoms with Crippen LogP contribution in [0.5, 0.6) is 5.75 Å². The first-order valence-electron chi connectivity index (χ1n) is 6.82. The van der Waals surface area contributed by atoms with Crippen LogP contribution >= 0.6 is 0 Å². The van der Waals surface area contributed by atoms with Crippen LogP contribution in [0.15, 0.2) is 57.7 Å². The van der Waals surface area contributed by atoms with Crippen molar-refractivity contribution in [2.45, 2.75) is 0 Å². The van der Waals surface area contributed by atoms with Gasteiger partial charge in [0, 0.05) is 17.0 Å². The Hall–Kier alpha value is -3.34. The first kappa shape index (κ1) is 14.6. The maximum Gasteiger partial charge on any atom is 0.351 e. The van der Waals surface area contributed by atoms with E-state index in [0.717, 1.165) is 5.56 Å². The summed E-state index contributed by atoms with van der Waals surface area (Å²) in [5, 5.41) is 19.4. The van der Waals surface area contributed by atoms with Gasteiger partial charge in [-0.05, 0) is 17.7 Å². The van der Waals surface area contributed by atoms with E-state index in [9.17, 15) is 14.7 Å². The Morgan fingerprint density at radius 2 is 1.78 bits per heavy atom. The molecule has 0 saturated carbocycles. The van der Waals surface area contributed by atoms with E-state index in [0.29, 0.717) is 10.9 Å². The molecule has 0 unspecified atom stereocenters. The molecule has 3 rings (SSSR count). The number of aromatic hydroxyl groups is 1. The minimum Gasteiger partial charge on any atom is -0.507 e. The quantitative estimate of drug-likeness (QED) is 0.572. The van der Waals surface area contributed by atoms with Gasteiger partial charge >= 0.3 is 11.6 Å². The first-order valence-corrected chi connectivity index (χ1v) is 6.82. The fourth-order valence-electron chi connectivity index (χ4n) is 2.21. The van der Waals surface area contributed by atoms with Gasteiger partial charge in [-0.25, -0.2) is 9.59 Å². The predicted molar refractivity (Wildman–Crippen MR) is 86.5 cm³/mol. The summed E-state index contributed by atoms with van der Waals surface area (Å²) in [4.78, 5) is 22.5. The second-order valence-electron chi connectivity index (χ2n) is 4.95. The molecule has 0 radical (unpaired) electrons. The number of phenolic OH excluding ortho intramolecular Hbond substituents is 1. The number of hydrogen-bond donors (Lipinski definition) is 2. The third-order valence-corrected chi connectivity index (χ3v) is 3.37. The average molecular weight is 308 g/mol. The average Bonchev–Trinajstić information content (AvgIpc) is 2.53. The van der Waals surface area contributed by atoms with E-state index in [1.807, 2.05) is 36.4 Å². The Bertz CT molecular complexity index is 968. The fraction of sp³-hybridized carbons (Fsp3) is 0. The molecule has 0 aliphatic carbocycles. The van der Waals surface area contributed by atoms with Gasteiger partial charge in [-0.1, -0.05) is 42.5 Å². The molecular weight excluding hydrogens is 296 g/mol. The van der Waals surface area contributed by atoms with Crippen molar-refractivity contribution in [2.75, 3.05) is 0 Å². The van der Waals surface area contributed by atoms with Gasteiger partial charge in [0.05, 0.1) is 0 Å². The monoisotopic (exact) mass is 308 g/mol. The van der Waals surface area contributed by atoms with Crippen LogP contribution < -0.4 is 5.63 Å². The summed E-state index contributed by atoms with van der Waals surface area (Å²) in [6, 6.07) is 13.6. The molecule has 23 heavy (non-hydrogen) atoms. The highest BCUT2D eigenvalue weighted by atomic mass is 16.4.